The van der Waals surface area contributed by atoms with Crippen molar-refractivity contribution >= 4 is 34.0 Å². The summed E-state index contributed by atoms with van der Waals surface area (Å²) in [6.07, 6.45) is 5.80. The van der Waals surface area contributed by atoms with E-state index in [1.807, 2.05) is 36.1 Å². The first-order chi connectivity index (χ1) is 15.1. The van der Waals surface area contributed by atoms with E-state index in [0.29, 0.717) is 5.91 Å². The van der Waals surface area contributed by atoms with Crippen molar-refractivity contribution in [2.24, 2.45) is 11.8 Å². The fraction of sp³-hybridized carbons (Fsp3) is 0.542. The number of fused-ring (bicyclic) bond motifs is 1. The lowest BCUT2D eigenvalue weighted by atomic mass is 9.84. The number of carbonyl (C=O) groups is 2. The van der Waals surface area contributed by atoms with Gasteiger partial charge in [-0.2, -0.15) is 0 Å². The minimum atomic E-state index is -0.000881. The molecule has 1 atom stereocenters. The number of thiazole rings is 1. The van der Waals surface area contributed by atoms with Gasteiger partial charge in [0.15, 0.2) is 5.13 Å². The summed E-state index contributed by atoms with van der Waals surface area (Å²) in [7, 11) is 0. The first kappa shape index (κ1) is 20.5. The quantitative estimate of drug-likeness (QED) is 0.792. The Morgan fingerprint density at radius 3 is 2.45 bits per heavy atom. The minimum absolute atomic E-state index is 0.000881. The predicted molar refractivity (Wildman–Crippen MR) is 124 cm³/mol. The molecule has 1 saturated carbocycles. The van der Waals surface area contributed by atoms with E-state index in [-0.39, 0.29) is 17.7 Å². The molecule has 0 spiro atoms. The highest BCUT2D eigenvalue weighted by Gasteiger charge is 2.33. The Morgan fingerprint density at radius 2 is 1.77 bits per heavy atom. The summed E-state index contributed by atoms with van der Waals surface area (Å²) in [6.45, 7) is 5.33. The normalized spacial score (nSPS) is 21.4. The standard InChI is InChI=1S/C24H30N4O2S/c1-16-5-8-19(9-6-16)25-22(29)18-7-10-20-21(15-18)31-24(26-20)28-13-11-27(12-14-28)23(30)17-3-2-4-17/h5-6,8-9,17-18H,2-4,7,10-15H2,1H3,(H,25,29)/t18-/m1/s1. The number of nitrogens with one attached hydrogen (secondary N) is 1. The fourth-order valence-corrected chi connectivity index (χ4v) is 5.87. The average molecular weight is 439 g/mol. The van der Waals surface area contributed by atoms with Crippen molar-refractivity contribution in [3.05, 3.63) is 40.4 Å². The first-order valence-corrected chi connectivity index (χ1v) is 12.3. The summed E-state index contributed by atoms with van der Waals surface area (Å²) in [5.74, 6) is 0.736. The summed E-state index contributed by atoms with van der Waals surface area (Å²) >= 11 is 1.73. The summed E-state index contributed by atoms with van der Waals surface area (Å²) in [4.78, 5) is 35.8. The van der Waals surface area contributed by atoms with Crippen LogP contribution in [0.1, 0.15) is 41.8 Å². The Balaban J connectivity index is 1.18. The van der Waals surface area contributed by atoms with Gasteiger partial charge in [0.1, 0.15) is 0 Å². The monoisotopic (exact) mass is 438 g/mol. The molecule has 6 nitrogen and oxygen atoms in total. The maximum atomic E-state index is 12.8. The Hall–Kier alpha value is -2.41. The van der Waals surface area contributed by atoms with E-state index in [0.717, 1.165) is 74.8 Å². The highest BCUT2D eigenvalue weighted by molar-refractivity contribution is 7.15. The van der Waals surface area contributed by atoms with Gasteiger partial charge in [-0.15, -0.1) is 11.3 Å². The lowest BCUT2D eigenvalue weighted by Crippen LogP contribution is -2.51. The molecule has 1 aromatic carbocycles. The number of aromatic nitrogens is 1. The van der Waals surface area contributed by atoms with Gasteiger partial charge in [-0.1, -0.05) is 24.1 Å². The van der Waals surface area contributed by atoms with Crippen LogP contribution in [0.25, 0.3) is 0 Å². The summed E-state index contributed by atoms with van der Waals surface area (Å²) in [6, 6.07) is 7.95. The van der Waals surface area contributed by atoms with E-state index < -0.39 is 0 Å². The van der Waals surface area contributed by atoms with E-state index in [9.17, 15) is 9.59 Å². The molecule has 2 aliphatic carbocycles. The number of aryl methyl sites for hydroxylation is 2. The van der Waals surface area contributed by atoms with Gasteiger partial charge in [-0.25, -0.2) is 4.98 Å². The Labute approximate surface area is 187 Å². The summed E-state index contributed by atoms with van der Waals surface area (Å²) in [5, 5.41) is 4.13. The van der Waals surface area contributed by atoms with Crippen LogP contribution in [-0.4, -0.2) is 47.9 Å². The Bertz CT molecular complexity index is 958. The zero-order valence-electron chi connectivity index (χ0n) is 18.1. The van der Waals surface area contributed by atoms with Crippen molar-refractivity contribution in [2.45, 2.75) is 45.4 Å². The second-order valence-electron chi connectivity index (χ2n) is 9.10. The van der Waals surface area contributed by atoms with Crippen molar-refractivity contribution in [2.75, 3.05) is 36.4 Å². The maximum absolute atomic E-state index is 12.8. The van der Waals surface area contributed by atoms with E-state index in [2.05, 4.69) is 10.2 Å². The van der Waals surface area contributed by atoms with Gasteiger partial charge in [-0.05, 0) is 51.2 Å². The van der Waals surface area contributed by atoms with E-state index in [4.69, 9.17) is 4.98 Å². The van der Waals surface area contributed by atoms with E-state index in [1.165, 1.54) is 16.9 Å². The Kier molecular flexibility index (Phi) is 5.69. The van der Waals surface area contributed by atoms with Crippen LogP contribution in [0.15, 0.2) is 24.3 Å². The molecule has 2 heterocycles. The zero-order valence-corrected chi connectivity index (χ0v) is 18.9. The maximum Gasteiger partial charge on any atom is 0.227 e. The van der Waals surface area contributed by atoms with Crippen LogP contribution >= 0.6 is 11.3 Å². The van der Waals surface area contributed by atoms with Gasteiger partial charge in [-0.3, -0.25) is 9.59 Å². The van der Waals surface area contributed by atoms with Crippen LogP contribution in [0, 0.1) is 18.8 Å². The molecule has 1 aliphatic heterocycles. The molecule has 3 aliphatic rings. The molecule has 1 saturated heterocycles. The second-order valence-corrected chi connectivity index (χ2v) is 10.2. The third-order valence-electron chi connectivity index (χ3n) is 6.93. The molecule has 2 fully saturated rings. The topological polar surface area (TPSA) is 65.5 Å². The van der Waals surface area contributed by atoms with Crippen LogP contribution in [0.5, 0.6) is 0 Å². The van der Waals surface area contributed by atoms with Crippen LogP contribution in [0.3, 0.4) is 0 Å². The van der Waals surface area contributed by atoms with E-state index in [1.54, 1.807) is 11.3 Å². The van der Waals surface area contributed by atoms with E-state index >= 15 is 0 Å². The number of hydrogen-bond acceptors (Lipinski definition) is 5. The van der Waals surface area contributed by atoms with Crippen molar-refractivity contribution in [3.8, 4) is 0 Å². The molecule has 0 radical (unpaired) electrons. The SMILES string of the molecule is Cc1ccc(NC(=O)[C@@H]2CCc3nc(N4CCN(C(=O)C5CCC5)CC4)sc3C2)cc1. The first-order valence-electron chi connectivity index (χ1n) is 11.5. The van der Waals surface area contributed by atoms with Crippen LogP contribution in [0.2, 0.25) is 0 Å². The highest BCUT2D eigenvalue weighted by Crippen LogP contribution is 2.35. The largest absolute Gasteiger partial charge is 0.345 e. The number of anilines is 2. The van der Waals surface area contributed by atoms with Crippen LogP contribution in [-0.2, 0) is 22.4 Å². The minimum Gasteiger partial charge on any atom is -0.345 e. The number of benzene rings is 1. The number of rotatable bonds is 4. The Morgan fingerprint density at radius 1 is 1.03 bits per heavy atom. The lowest BCUT2D eigenvalue weighted by Gasteiger charge is -2.38. The molecule has 1 N–H and O–H groups in total. The smallest absolute Gasteiger partial charge is 0.227 e. The van der Waals surface area contributed by atoms with Gasteiger partial charge in [0.25, 0.3) is 0 Å². The lowest BCUT2D eigenvalue weighted by molar-refractivity contribution is -0.138. The third kappa shape index (κ3) is 4.33. The van der Waals surface area contributed by atoms with Crippen molar-refractivity contribution < 1.29 is 9.59 Å². The van der Waals surface area contributed by atoms with Crippen molar-refractivity contribution in [1.82, 2.24) is 9.88 Å². The molecule has 164 valence electrons. The second kappa shape index (κ2) is 8.61. The third-order valence-corrected chi connectivity index (χ3v) is 8.12. The molecule has 0 bridgehead atoms. The summed E-state index contributed by atoms with van der Waals surface area (Å²) < 4.78 is 0. The van der Waals surface area contributed by atoms with Gasteiger partial charge < -0.3 is 15.1 Å². The highest BCUT2D eigenvalue weighted by atomic mass is 32.1. The molecule has 7 heteroatoms. The van der Waals surface area contributed by atoms with Gasteiger partial charge >= 0.3 is 0 Å². The number of amides is 2. The number of hydrogen-bond donors (Lipinski definition) is 1. The molecular formula is C24H30N4O2S. The number of nitrogens with zero attached hydrogens (tertiary/aromatic N) is 3. The predicted octanol–water partition coefficient (Wildman–Crippen LogP) is 3.64. The van der Waals surface area contributed by atoms with Gasteiger partial charge in [0, 0.05) is 48.6 Å². The average Bonchev–Trinajstić information content (AvgIpc) is 3.17. The molecule has 5 rings (SSSR count). The number of carbonyl (C=O) groups excluding carboxylic acids is 2. The molecular weight excluding hydrogens is 408 g/mol. The van der Waals surface area contributed by atoms with Crippen molar-refractivity contribution in [1.29, 1.82) is 0 Å². The number of piperazine rings is 1. The van der Waals surface area contributed by atoms with Crippen molar-refractivity contribution in [3.63, 3.8) is 0 Å². The molecule has 1 aromatic heterocycles. The molecule has 2 aromatic rings. The molecule has 31 heavy (non-hydrogen) atoms. The van der Waals surface area contributed by atoms with Gasteiger partial charge in [0.2, 0.25) is 11.8 Å². The van der Waals surface area contributed by atoms with Crippen LogP contribution in [0.4, 0.5) is 10.8 Å². The molecule has 0 unspecified atom stereocenters. The summed E-state index contributed by atoms with van der Waals surface area (Å²) in [5.41, 5.74) is 3.21. The fourth-order valence-electron chi connectivity index (χ4n) is 4.63. The zero-order chi connectivity index (χ0) is 21.4. The molecule has 2 amide bonds. The van der Waals surface area contributed by atoms with Crippen LogP contribution < -0.4 is 10.2 Å². The van der Waals surface area contributed by atoms with Gasteiger partial charge in [0.05, 0.1) is 5.69 Å².